The molecule has 0 aliphatic carbocycles. The van der Waals surface area contributed by atoms with Gasteiger partial charge in [-0.2, -0.15) is 0 Å². The van der Waals surface area contributed by atoms with Gasteiger partial charge in [0.15, 0.2) is 0 Å². The van der Waals surface area contributed by atoms with Gasteiger partial charge in [0.25, 0.3) is 0 Å². The van der Waals surface area contributed by atoms with Gasteiger partial charge < -0.3 is 13.9 Å². The van der Waals surface area contributed by atoms with Gasteiger partial charge in [-0.15, -0.1) is 0 Å². The minimum absolute atomic E-state index is 0.382. The van der Waals surface area contributed by atoms with Crippen LogP contribution in [-0.4, -0.2) is 37.2 Å². The summed E-state index contributed by atoms with van der Waals surface area (Å²) in [5.74, 6) is -0.166. The third kappa shape index (κ3) is 3.39. The van der Waals surface area contributed by atoms with Crippen LogP contribution >= 0.6 is 0 Å². The number of carbonyl (C=O) groups excluding carboxylic acids is 1. The molecule has 0 spiro atoms. The third-order valence-electron chi connectivity index (χ3n) is 4.04. The minimum Gasteiger partial charge on any atom is -0.423 e. The van der Waals surface area contributed by atoms with E-state index in [4.69, 9.17) is 13.9 Å². The Morgan fingerprint density at radius 2 is 2.12 bits per heavy atom. The monoisotopic (exact) mass is 329 g/mol. The Bertz CT molecular complexity index is 833. The number of nitrogens with zero attached hydrogens (tertiary/aromatic N) is 1. The first-order valence-electron chi connectivity index (χ1n) is 7.79. The van der Waals surface area contributed by atoms with Crippen LogP contribution in [0.2, 0.25) is 0 Å². The van der Waals surface area contributed by atoms with Gasteiger partial charge in [0.1, 0.15) is 11.3 Å². The summed E-state index contributed by atoms with van der Waals surface area (Å²) < 4.78 is 16.1. The Labute approximate surface area is 139 Å². The SMILES string of the molecule is C=CC(=O)Oc1ccc2c(C)cc(=O)oc2c1CN1CCOCC1. The van der Waals surface area contributed by atoms with Crippen molar-refractivity contribution in [3.8, 4) is 5.75 Å². The van der Waals surface area contributed by atoms with E-state index in [2.05, 4.69) is 11.5 Å². The standard InChI is InChI=1S/C18H19NO5/c1-3-16(20)23-15-5-4-13-12(2)10-17(21)24-18(13)14(15)11-19-6-8-22-9-7-19/h3-5,10H,1,6-9,11H2,2H3. The van der Waals surface area contributed by atoms with E-state index in [9.17, 15) is 9.59 Å². The molecule has 6 nitrogen and oxygen atoms in total. The normalized spacial score (nSPS) is 15.4. The molecule has 6 heteroatoms. The predicted octanol–water partition coefficient (Wildman–Crippen LogP) is 2.03. The van der Waals surface area contributed by atoms with E-state index in [1.54, 1.807) is 12.1 Å². The van der Waals surface area contributed by atoms with Crippen LogP contribution in [0.25, 0.3) is 11.0 Å². The van der Waals surface area contributed by atoms with Crippen LogP contribution in [0.1, 0.15) is 11.1 Å². The minimum atomic E-state index is -0.549. The maximum Gasteiger partial charge on any atom is 0.336 e. The van der Waals surface area contributed by atoms with Gasteiger partial charge in [0.2, 0.25) is 0 Å². The van der Waals surface area contributed by atoms with Crippen molar-refractivity contribution in [2.75, 3.05) is 26.3 Å². The van der Waals surface area contributed by atoms with Crippen LogP contribution in [0.4, 0.5) is 0 Å². The van der Waals surface area contributed by atoms with E-state index in [0.717, 1.165) is 30.1 Å². The molecule has 0 N–H and O–H groups in total. The first kappa shape index (κ1) is 16.4. The van der Waals surface area contributed by atoms with Gasteiger partial charge in [-0.3, -0.25) is 4.90 Å². The van der Waals surface area contributed by atoms with Crippen molar-refractivity contribution in [1.82, 2.24) is 4.90 Å². The van der Waals surface area contributed by atoms with Crippen LogP contribution < -0.4 is 10.4 Å². The van der Waals surface area contributed by atoms with Crippen molar-refractivity contribution in [2.24, 2.45) is 0 Å². The fraction of sp³-hybridized carbons (Fsp3) is 0.333. The molecule has 1 aromatic heterocycles. The summed E-state index contributed by atoms with van der Waals surface area (Å²) in [4.78, 5) is 25.6. The Kier molecular flexibility index (Phi) is 4.78. The van der Waals surface area contributed by atoms with E-state index in [0.29, 0.717) is 36.7 Å². The summed E-state index contributed by atoms with van der Waals surface area (Å²) in [7, 11) is 0. The van der Waals surface area contributed by atoms with Gasteiger partial charge in [0, 0.05) is 37.2 Å². The second-order valence-corrected chi connectivity index (χ2v) is 5.68. The van der Waals surface area contributed by atoms with Crippen LogP contribution in [-0.2, 0) is 16.1 Å². The zero-order chi connectivity index (χ0) is 17.1. The number of aryl methyl sites for hydroxylation is 1. The molecule has 0 atom stereocenters. The molecule has 1 aliphatic heterocycles. The highest BCUT2D eigenvalue weighted by molar-refractivity contribution is 5.88. The van der Waals surface area contributed by atoms with Gasteiger partial charge in [0.05, 0.1) is 18.8 Å². The number of rotatable bonds is 4. The van der Waals surface area contributed by atoms with Gasteiger partial charge in [-0.25, -0.2) is 9.59 Å². The number of esters is 1. The van der Waals surface area contributed by atoms with Gasteiger partial charge in [-0.1, -0.05) is 6.58 Å². The van der Waals surface area contributed by atoms with Crippen molar-refractivity contribution < 1.29 is 18.7 Å². The first-order valence-corrected chi connectivity index (χ1v) is 7.79. The van der Waals surface area contributed by atoms with E-state index >= 15 is 0 Å². The van der Waals surface area contributed by atoms with Crippen molar-refractivity contribution in [1.29, 1.82) is 0 Å². The summed E-state index contributed by atoms with van der Waals surface area (Å²) in [6.07, 6.45) is 1.11. The smallest absolute Gasteiger partial charge is 0.336 e. The molecule has 2 heterocycles. The van der Waals surface area contributed by atoms with Crippen LogP contribution in [0.15, 0.2) is 40.1 Å². The zero-order valence-electron chi connectivity index (χ0n) is 13.5. The molecule has 1 aliphatic rings. The summed E-state index contributed by atoms with van der Waals surface area (Å²) in [5, 5.41) is 0.830. The molecule has 1 fully saturated rings. The highest BCUT2D eigenvalue weighted by Gasteiger charge is 2.19. The molecule has 0 bridgehead atoms. The molecular weight excluding hydrogens is 310 g/mol. The van der Waals surface area contributed by atoms with Crippen molar-refractivity contribution in [3.63, 3.8) is 0 Å². The lowest BCUT2D eigenvalue weighted by atomic mass is 10.1. The molecule has 0 amide bonds. The summed E-state index contributed by atoms with van der Waals surface area (Å²) in [6, 6.07) is 4.98. The lowest BCUT2D eigenvalue weighted by molar-refractivity contribution is -0.129. The molecule has 24 heavy (non-hydrogen) atoms. The quantitative estimate of drug-likeness (QED) is 0.370. The van der Waals surface area contributed by atoms with E-state index in [1.165, 1.54) is 6.07 Å². The number of ether oxygens (including phenoxy) is 2. The van der Waals surface area contributed by atoms with Gasteiger partial charge >= 0.3 is 11.6 Å². The average Bonchev–Trinajstić information content (AvgIpc) is 2.57. The average molecular weight is 329 g/mol. The molecule has 1 aromatic carbocycles. The number of hydrogen-bond donors (Lipinski definition) is 0. The van der Waals surface area contributed by atoms with Crippen molar-refractivity contribution in [3.05, 3.63) is 52.4 Å². The molecular formula is C18H19NO5. The molecule has 1 saturated heterocycles. The Hall–Kier alpha value is -2.44. The van der Waals surface area contributed by atoms with E-state index in [-0.39, 0.29) is 0 Å². The van der Waals surface area contributed by atoms with Crippen molar-refractivity contribution >= 4 is 16.9 Å². The second-order valence-electron chi connectivity index (χ2n) is 5.68. The first-order chi connectivity index (χ1) is 11.6. The molecule has 3 rings (SSSR count). The number of benzene rings is 1. The molecule has 126 valence electrons. The van der Waals surface area contributed by atoms with Crippen LogP contribution in [0.3, 0.4) is 0 Å². The summed E-state index contributed by atoms with van der Waals surface area (Å²) in [5.41, 5.74) is 1.55. The van der Waals surface area contributed by atoms with E-state index in [1.807, 2.05) is 6.92 Å². The second kappa shape index (κ2) is 6.98. The Morgan fingerprint density at radius 3 is 2.83 bits per heavy atom. The molecule has 0 radical (unpaired) electrons. The highest BCUT2D eigenvalue weighted by atomic mass is 16.5. The Morgan fingerprint density at radius 1 is 1.38 bits per heavy atom. The lowest BCUT2D eigenvalue weighted by Crippen LogP contribution is -2.35. The molecule has 2 aromatic rings. The van der Waals surface area contributed by atoms with Crippen LogP contribution in [0, 0.1) is 6.92 Å². The predicted molar refractivity (Wildman–Crippen MR) is 89.1 cm³/mol. The molecule has 0 saturated carbocycles. The zero-order valence-corrected chi connectivity index (χ0v) is 13.5. The number of carbonyl (C=O) groups is 1. The summed E-state index contributed by atoms with van der Waals surface area (Å²) in [6.45, 7) is 8.61. The molecule has 0 unspecified atom stereocenters. The lowest BCUT2D eigenvalue weighted by Gasteiger charge is -2.27. The van der Waals surface area contributed by atoms with E-state index < -0.39 is 11.6 Å². The summed E-state index contributed by atoms with van der Waals surface area (Å²) >= 11 is 0. The Balaban J connectivity index is 2.11. The maximum absolute atomic E-state index is 11.8. The highest BCUT2D eigenvalue weighted by Crippen LogP contribution is 2.30. The number of fused-ring (bicyclic) bond motifs is 1. The van der Waals surface area contributed by atoms with Crippen molar-refractivity contribution in [2.45, 2.75) is 13.5 Å². The fourth-order valence-corrected chi connectivity index (χ4v) is 2.80. The number of morpholine rings is 1. The maximum atomic E-state index is 11.8. The third-order valence-corrected chi connectivity index (χ3v) is 4.04. The topological polar surface area (TPSA) is 69.0 Å². The largest absolute Gasteiger partial charge is 0.423 e. The number of hydrogen-bond acceptors (Lipinski definition) is 6. The van der Waals surface area contributed by atoms with Gasteiger partial charge in [-0.05, 0) is 24.6 Å². The fourth-order valence-electron chi connectivity index (χ4n) is 2.80. The van der Waals surface area contributed by atoms with Crippen LogP contribution in [0.5, 0.6) is 5.75 Å².